The van der Waals surface area contributed by atoms with E-state index in [1.807, 2.05) is 33.8 Å². The summed E-state index contributed by atoms with van der Waals surface area (Å²) < 4.78 is 5.29. The van der Waals surface area contributed by atoms with E-state index in [1.165, 1.54) is 0 Å². The van der Waals surface area contributed by atoms with E-state index in [0.29, 0.717) is 12.8 Å². The quantitative estimate of drug-likeness (QED) is 0.451. The Morgan fingerprint density at radius 2 is 2.00 bits per heavy atom. The molecule has 0 aromatic heterocycles. The Balaban J connectivity index is 2.70. The molecule has 1 fully saturated rings. The third-order valence-corrected chi connectivity index (χ3v) is 3.87. The number of nitriles is 1. The van der Waals surface area contributed by atoms with Crippen LogP contribution in [0, 0.1) is 16.7 Å². The zero-order valence-electron chi connectivity index (χ0n) is 13.5. The van der Waals surface area contributed by atoms with E-state index in [2.05, 4.69) is 0 Å². The molecule has 0 aromatic carbocycles. The number of esters is 1. The summed E-state index contributed by atoms with van der Waals surface area (Å²) in [6.07, 6.45) is 5.42. The Morgan fingerprint density at radius 1 is 1.33 bits per heavy atom. The monoisotopic (exact) mass is 291 g/mol. The van der Waals surface area contributed by atoms with Gasteiger partial charge in [0.25, 0.3) is 0 Å². The van der Waals surface area contributed by atoms with Gasteiger partial charge in [0.2, 0.25) is 0 Å². The predicted molar refractivity (Wildman–Crippen MR) is 80.4 cm³/mol. The lowest BCUT2D eigenvalue weighted by atomic mass is 9.77. The molecule has 21 heavy (non-hydrogen) atoms. The molecule has 1 unspecified atom stereocenters. The Hall–Kier alpha value is -1.63. The van der Waals surface area contributed by atoms with E-state index in [1.54, 1.807) is 6.08 Å². The number of carbonyl (C=O) groups is 2. The van der Waals surface area contributed by atoms with Crippen molar-refractivity contribution in [1.82, 2.24) is 0 Å². The summed E-state index contributed by atoms with van der Waals surface area (Å²) in [6.45, 7) is 7.46. The molecule has 1 aliphatic rings. The maximum atomic E-state index is 12.1. The summed E-state index contributed by atoms with van der Waals surface area (Å²) in [6, 6.07) is 1.94. The van der Waals surface area contributed by atoms with Gasteiger partial charge in [-0.2, -0.15) is 5.26 Å². The lowest BCUT2D eigenvalue weighted by Gasteiger charge is -2.25. The van der Waals surface area contributed by atoms with E-state index >= 15 is 0 Å². The molecular weight excluding hydrogens is 266 g/mol. The maximum Gasteiger partial charge on any atom is 0.331 e. The highest BCUT2D eigenvalue weighted by Crippen LogP contribution is 2.38. The molecule has 1 aliphatic carbocycles. The molecule has 0 amide bonds. The fourth-order valence-electron chi connectivity index (χ4n) is 2.60. The first kappa shape index (κ1) is 17.4. The first-order chi connectivity index (χ1) is 9.66. The largest absolute Gasteiger partial charge is 0.457 e. The summed E-state index contributed by atoms with van der Waals surface area (Å²) in [7, 11) is 0. The van der Waals surface area contributed by atoms with E-state index in [9.17, 15) is 9.59 Å². The minimum Gasteiger partial charge on any atom is -0.457 e. The second-order valence-corrected chi connectivity index (χ2v) is 7.01. The molecule has 0 saturated heterocycles. The lowest BCUT2D eigenvalue weighted by Crippen LogP contribution is -2.26. The Morgan fingerprint density at radius 3 is 2.57 bits per heavy atom. The highest BCUT2D eigenvalue weighted by molar-refractivity contribution is 5.86. The van der Waals surface area contributed by atoms with Gasteiger partial charge in [-0.25, -0.2) is 4.79 Å². The zero-order valence-corrected chi connectivity index (χ0v) is 13.5. The number of ketones is 1. The summed E-state index contributed by atoms with van der Waals surface area (Å²) in [4.78, 5) is 23.9. The van der Waals surface area contributed by atoms with Gasteiger partial charge in [0.05, 0.1) is 12.5 Å². The minimum atomic E-state index is -0.490. The highest BCUT2D eigenvalue weighted by atomic mass is 16.6. The molecule has 4 nitrogen and oxygen atoms in total. The first-order valence-corrected chi connectivity index (χ1v) is 7.49. The third kappa shape index (κ3) is 5.71. The highest BCUT2D eigenvalue weighted by Gasteiger charge is 2.33. The fraction of sp³-hybridized carbons (Fsp3) is 0.706. The van der Waals surface area contributed by atoms with Crippen LogP contribution >= 0.6 is 0 Å². The SMILES string of the molecule is CC(C)(C)OC(=O)/C=C1/CCCC(C)(C(=O)CC#N)CC1. The van der Waals surface area contributed by atoms with Gasteiger partial charge in [-0.3, -0.25) is 4.79 Å². The van der Waals surface area contributed by atoms with Crippen molar-refractivity contribution < 1.29 is 14.3 Å². The smallest absolute Gasteiger partial charge is 0.331 e. The van der Waals surface area contributed by atoms with Gasteiger partial charge in [0.15, 0.2) is 5.78 Å². The van der Waals surface area contributed by atoms with Gasteiger partial charge < -0.3 is 4.74 Å². The van der Waals surface area contributed by atoms with E-state index in [-0.39, 0.29) is 18.2 Å². The van der Waals surface area contributed by atoms with Gasteiger partial charge >= 0.3 is 5.97 Å². The van der Waals surface area contributed by atoms with Crippen LogP contribution in [-0.2, 0) is 14.3 Å². The van der Waals surface area contributed by atoms with Crippen LogP contribution in [-0.4, -0.2) is 17.4 Å². The van der Waals surface area contributed by atoms with Crippen LogP contribution in [0.1, 0.15) is 66.2 Å². The maximum absolute atomic E-state index is 12.1. The van der Waals surface area contributed by atoms with Crippen LogP contribution in [0.15, 0.2) is 11.6 Å². The van der Waals surface area contributed by atoms with Crippen LogP contribution in [0.25, 0.3) is 0 Å². The van der Waals surface area contributed by atoms with Gasteiger partial charge in [0.1, 0.15) is 5.60 Å². The molecule has 0 radical (unpaired) electrons. The van der Waals surface area contributed by atoms with Crippen molar-refractivity contribution in [2.75, 3.05) is 0 Å². The van der Waals surface area contributed by atoms with Crippen molar-refractivity contribution in [2.45, 2.75) is 71.8 Å². The molecule has 1 saturated carbocycles. The number of rotatable bonds is 3. The fourth-order valence-corrected chi connectivity index (χ4v) is 2.60. The van der Waals surface area contributed by atoms with Crippen molar-refractivity contribution in [3.63, 3.8) is 0 Å². The predicted octanol–water partition coefficient (Wildman–Crippen LogP) is 3.71. The van der Waals surface area contributed by atoms with Crippen molar-refractivity contribution >= 4 is 11.8 Å². The van der Waals surface area contributed by atoms with E-state index in [0.717, 1.165) is 24.8 Å². The summed E-state index contributed by atoms with van der Waals surface area (Å²) in [5.74, 6) is -0.298. The number of Topliss-reactive ketones (excluding diaryl/α,β-unsaturated/α-hetero) is 1. The first-order valence-electron chi connectivity index (χ1n) is 7.49. The number of nitrogens with zero attached hydrogens (tertiary/aromatic N) is 1. The summed E-state index contributed by atoms with van der Waals surface area (Å²) in [5.41, 5.74) is 0.118. The van der Waals surface area contributed by atoms with Crippen molar-refractivity contribution in [1.29, 1.82) is 5.26 Å². The number of allylic oxidation sites excluding steroid dienone is 1. The van der Waals surface area contributed by atoms with E-state index < -0.39 is 11.0 Å². The second kappa shape index (κ2) is 6.89. The van der Waals surface area contributed by atoms with Crippen molar-refractivity contribution in [3.05, 3.63) is 11.6 Å². The number of ether oxygens (including phenoxy) is 1. The molecular formula is C17H25NO3. The molecule has 0 aliphatic heterocycles. The molecule has 116 valence electrons. The van der Waals surface area contributed by atoms with Crippen LogP contribution in [0.4, 0.5) is 0 Å². The topological polar surface area (TPSA) is 67.2 Å². The van der Waals surface area contributed by atoms with Crippen LogP contribution in [0.2, 0.25) is 0 Å². The van der Waals surface area contributed by atoms with Crippen LogP contribution < -0.4 is 0 Å². The molecule has 1 rings (SSSR count). The van der Waals surface area contributed by atoms with Crippen LogP contribution in [0.3, 0.4) is 0 Å². The van der Waals surface area contributed by atoms with Crippen molar-refractivity contribution in [2.24, 2.45) is 5.41 Å². The molecule has 0 N–H and O–H groups in total. The summed E-state index contributed by atoms with van der Waals surface area (Å²) >= 11 is 0. The van der Waals surface area contributed by atoms with Gasteiger partial charge in [-0.05, 0) is 52.9 Å². The Labute approximate surface area is 127 Å². The molecule has 4 heteroatoms. The molecule has 0 bridgehead atoms. The van der Waals surface area contributed by atoms with Gasteiger partial charge in [0, 0.05) is 11.5 Å². The molecule has 1 atom stereocenters. The third-order valence-electron chi connectivity index (χ3n) is 3.87. The number of hydrogen-bond acceptors (Lipinski definition) is 4. The molecule has 0 aromatic rings. The Bertz CT molecular complexity index is 479. The number of carbonyl (C=O) groups excluding carboxylic acids is 2. The van der Waals surface area contributed by atoms with Gasteiger partial charge in [-0.1, -0.05) is 12.5 Å². The van der Waals surface area contributed by atoms with E-state index in [4.69, 9.17) is 10.00 Å². The van der Waals surface area contributed by atoms with Gasteiger partial charge in [-0.15, -0.1) is 0 Å². The van der Waals surface area contributed by atoms with Crippen LogP contribution in [0.5, 0.6) is 0 Å². The average Bonchev–Trinajstić information content (AvgIpc) is 2.51. The standard InChI is InChI=1S/C17H25NO3/c1-16(2,3)21-15(20)12-13-6-5-9-17(4,10-7-13)14(19)8-11-18/h12H,5-10H2,1-4H3/b13-12-. The normalized spacial score (nSPS) is 25.0. The number of hydrogen-bond donors (Lipinski definition) is 0. The second-order valence-electron chi connectivity index (χ2n) is 7.01. The summed E-state index contributed by atoms with van der Waals surface area (Å²) in [5, 5.41) is 8.69. The lowest BCUT2D eigenvalue weighted by molar-refractivity contribution is -0.148. The average molecular weight is 291 g/mol. The molecule has 0 spiro atoms. The molecule has 0 heterocycles. The van der Waals surface area contributed by atoms with Crippen molar-refractivity contribution in [3.8, 4) is 6.07 Å². The minimum absolute atomic E-state index is 0.0171. The Kier molecular flexibility index (Phi) is 5.71. The zero-order chi connectivity index (χ0) is 16.1.